The zero-order chi connectivity index (χ0) is 16.7. The number of aromatic nitrogens is 1. The lowest BCUT2D eigenvalue weighted by atomic mass is 10.2. The normalized spacial score (nSPS) is 20.0. The van der Waals surface area contributed by atoms with Gasteiger partial charge in [0.25, 0.3) is 0 Å². The van der Waals surface area contributed by atoms with Gasteiger partial charge in [0.2, 0.25) is 0 Å². The Morgan fingerprint density at radius 2 is 2.35 bits per heavy atom. The molecule has 1 aliphatic heterocycles. The van der Waals surface area contributed by atoms with Crippen LogP contribution < -0.4 is 10.6 Å². The Kier molecular flexibility index (Phi) is 7.26. The van der Waals surface area contributed by atoms with Crippen molar-refractivity contribution < 1.29 is 4.74 Å². The lowest BCUT2D eigenvalue weighted by Gasteiger charge is -2.30. The number of morpholine rings is 1. The first-order valence-corrected chi connectivity index (χ1v) is 9.23. The number of ether oxygens (including phenoxy) is 1. The van der Waals surface area contributed by atoms with E-state index >= 15 is 0 Å². The predicted octanol–water partition coefficient (Wildman–Crippen LogP) is 1.65. The highest BCUT2D eigenvalue weighted by Gasteiger charge is 2.17. The Bertz CT molecular complexity index is 502. The molecule has 0 amide bonds. The lowest BCUT2D eigenvalue weighted by Crippen LogP contribution is -2.48. The molecule has 0 aromatic carbocycles. The maximum atomic E-state index is 5.77. The van der Waals surface area contributed by atoms with Crippen LogP contribution in [0, 0.1) is 0 Å². The first kappa shape index (κ1) is 18.2. The van der Waals surface area contributed by atoms with Crippen molar-refractivity contribution in [1.82, 2.24) is 20.5 Å². The largest absolute Gasteiger partial charge is 0.374 e. The van der Waals surface area contributed by atoms with Crippen molar-refractivity contribution in [2.24, 2.45) is 4.99 Å². The van der Waals surface area contributed by atoms with Crippen molar-refractivity contribution in [3.63, 3.8) is 0 Å². The highest BCUT2D eigenvalue weighted by Crippen LogP contribution is 2.18. The fraction of sp³-hybridized carbons (Fsp3) is 0.750. The van der Waals surface area contributed by atoms with Crippen molar-refractivity contribution >= 4 is 17.3 Å². The Labute approximate surface area is 143 Å². The number of guanidine groups is 1. The minimum absolute atomic E-state index is 0.213. The van der Waals surface area contributed by atoms with E-state index in [4.69, 9.17) is 4.74 Å². The van der Waals surface area contributed by atoms with Gasteiger partial charge in [-0.05, 0) is 19.9 Å². The van der Waals surface area contributed by atoms with Gasteiger partial charge in [0.1, 0.15) is 5.01 Å². The number of nitrogens with one attached hydrogen (secondary N) is 2. The molecule has 0 spiro atoms. The topological polar surface area (TPSA) is 61.8 Å². The first-order valence-electron chi connectivity index (χ1n) is 8.35. The van der Waals surface area contributed by atoms with Crippen LogP contribution in [0.1, 0.15) is 37.4 Å². The maximum Gasteiger partial charge on any atom is 0.191 e. The molecular formula is C16H29N5OS. The number of rotatable bonds is 6. The first-order chi connectivity index (χ1) is 11.1. The summed E-state index contributed by atoms with van der Waals surface area (Å²) in [5.41, 5.74) is 1.15. The van der Waals surface area contributed by atoms with Crippen molar-refractivity contribution in [1.29, 1.82) is 0 Å². The molecule has 1 saturated heterocycles. The summed E-state index contributed by atoms with van der Waals surface area (Å²) in [7, 11) is 2.13. The van der Waals surface area contributed by atoms with Crippen molar-refractivity contribution in [3.05, 3.63) is 16.1 Å². The summed E-state index contributed by atoms with van der Waals surface area (Å²) in [4.78, 5) is 11.6. The molecule has 6 nitrogen and oxygen atoms in total. The second-order valence-corrected chi connectivity index (χ2v) is 7.09. The molecule has 2 heterocycles. The van der Waals surface area contributed by atoms with Crippen LogP contribution in [-0.4, -0.2) is 61.8 Å². The number of thiazole rings is 1. The SMILES string of the molecule is CCNC(=NCc1nc(C(C)C)cs1)NCC1CN(C)CCO1. The molecular weight excluding hydrogens is 310 g/mol. The van der Waals surface area contributed by atoms with Gasteiger partial charge >= 0.3 is 0 Å². The average Bonchev–Trinajstić information content (AvgIpc) is 2.99. The molecule has 1 aromatic rings. The van der Waals surface area contributed by atoms with Crippen LogP contribution in [0.25, 0.3) is 0 Å². The fourth-order valence-electron chi connectivity index (χ4n) is 2.35. The number of likely N-dealkylation sites (N-methyl/N-ethyl adjacent to an activating group) is 1. The van der Waals surface area contributed by atoms with Gasteiger partial charge in [0.15, 0.2) is 5.96 Å². The molecule has 1 atom stereocenters. The zero-order valence-corrected chi connectivity index (χ0v) is 15.4. The van der Waals surface area contributed by atoms with E-state index in [0.717, 1.165) is 49.4 Å². The monoisotopic (exact) mass is 339 g/mol. The quantitative estimate of drug-likeness (QED) is 0.610. The molecule has 23 heavy (non-hydrogen) atoms. The van der Waals surface area contributed by atoms with Gasteiger partial charge in [-0.2, -0.15) is 0 Å². The number of aliphatic imine (C=N–C) groups is 1. The van der Waals surface area contributed by atoms with Crippen LogP contribution in [0.4, 0.5) is 0 Å². The molecule has 2 rings (SSSR count). The van der Waals surface area contributed by atoms with Gasteiger partial charge in [-0.1, -0.05) is 13.8 Å². The fourth-order valence-corrected chi connectivity index (χ4v) is 3.23. The molecule has 1 fully saturated rings. The Hall–Kier alpha value is -1.18. The summed E-state index contributed by atoms with van der Waals surface area (Å²) in [6.07, 6.45) is 0.213. The summed E-state index contributed by atoms with van der Waals surface area (Å²) in [5.74, 6) is 1.29. The van der Waals surface area contributed by atoms with Crippen LogP contribution in [0.2, 0.25) is 0 Å². The second-order valence-electron chi connectivity index (χ2n) is 6.15. The second kappa shape index (κ2) is 9.20. The highest BCUT2D eigenvalue weighted by atomic mass is 32.1. The zero-order valence-electron chi connectivity index (χ0n) is 14.6. The summed E-state index contributed by atoms with van der Waals surface area (Å²) in [6, 6.07) is 0. The molecule has 2 N–H and O–H groups in total. The van der Waals surface area contributed by atoms with Gasteiger partial charge in [0, 0.05) is 31.6 Å². The van der Waals surface area contributed by atoms with Crippen molar-refractivity contribution in [3.8, 4) is 0 Å². The Morgan fingerprint density at radius 1 is 1.52 bits per heavy atom. The molecule has 130 valence electrons. The van der Waals surface area contributed by atoms with Crippen LogP contribution >= 0.6 is 11.3 Å². The van der Waals surface area contributed by atoms with E-state index in [1.807, 2.05) is 0 Å². The summed E-state index contributed by atoms with van der Waals surface area (Å²) < 4.78 is 5.77. The number of hydrogen-bond acceptors (Lipinski definition) is 5. The van der Waals surface area contributed by atoms with Crippen LogP contribution in [0.5, 0.6) is 0 Å². The number of nitrogens with zero attached hydrogens (tertiary/aromatic N) is 3. The summed E-state index contributed by atoms with van der Waals surface area (Å²) in [6.45, 7) is 11.4. The van der Waals surface area contributed by atoms with Crippen molar-refractivity contribution in [2.75, 3.05) is 39.8 Å². The third-order valence-electron chi connectivity index (χ3n) is 3.72. The van der Waals surface area contributed by atoms with E-state index in [2.05, 4.69) is 58.7 Å². The van der Waals surface area contributed by atoms with Crippen LogP contribution in [-0.2, 0) is 11.3 Å². The van der Waals surface area contributed by atoms with Crippen LogP contribution in [0.15, 0.2) is 10.4 Å². The summed E-state index contributed by atoms with van der Waals surface area (Å²) in [5, 5.41) is 9.84. The highest BCUT2D eigenvalue weighted by molar-refractivity contribution is 7.09. The lowest BCUT2D eigenvalue weighted by molar-refractivity contribution is -0.0161. The van der Waals surface area contributed by atoms with E-state index in [1.165, 1.54) is 0 Å². The standard InChI is InChI=1S/C16H29N5OS/c1-5-17-16(18-8-13-10-21(4)6-7-22-13)19-9-15-20-14(11-23-15)12(2)3/h11-13H,5-10H2,1-4H3,(H2,17,18,19). The van der Waals surface area contributed by atoms with Crippen LogP contribution in [0.3, 0.4) is 0 Å². The van der Waals surface area contributed by atoms with Gasteiger partial charge in [0.05, 0.1) is 24.9 Å². The Balaban J connectivity index is 1.86. The smallest absolute Gasteiger partial charge is 0.191 e. The van der Waals surface area contributed by atoms with Gasteiger partial charge in [-0.25, -0.2) is 9.98 Å². The number of hydrogen-bond donors (Lipinski definition) is 2. The molecule has 1 aromatic heterocycles. The van der Waals surface area contributed by atoms with E-state index in [9.17, 15) is 0 Å². The van der Waals surface area contributed by atoms with Crippen molar-refractivity contribution in [2.45, 2.75) is 39.3 Å². The van der Waals surface area contributed by atoms with Gasteiger partial charge in [-0.3, -0.25) is 0 Å². The minimum atomic E-state index is 0.213. The molecule has 7 heteroatoms. The third-order valence-corrected chi connectivity index (χ3v) is 4.57. The molecule has 0 bridgehead atoms. The molecule has 0 saturated carbocycles. The molecule has 1 unspecified atom stereocenters. The molecule has 1 aliphatic rings. The molecule has 0 aliphatic carbocycles. The Morgan fingerprint density at radius 3 is 3.00 bits per heavy atom. The average molecular weight is 340 g/mol. The van der Waals surface area contributed by atoms with E-state index < -0.39 is 0 Å². The molecule has 0 radical (unpaired) electrons. The predicted molar refractivity (Wildman–Crippen MR) is 96.3 cm³/mol. The van der Waals surface area contributed by atoms with E-state index in [1.54, 1.807) is 11.3 Å². The van der Waals surface area contributed by atoms with Gasteiger partial charge < -0.3 is 20.3 Å². The van der Waals surface area contributed by atoms with Gasteiger partial charge in [-0.15, -0.1) is 11.3 Å². The van der Waals surface area contributed by atoms with E-state index in [-0.39, 0.29) is 6.10 Å². The third kappa shape index (κ3) is 6.08. The maximum absolute atomic E-state index is 5.77. The summed E-state index contributed by atoms with van der Waals surface area (Å²) >= 11 is 1.68. The van der Waals surface area contributed by atoms with E-state index in [0.29, 0.717) is 12.5 Å². The minimum Gasteiger partial charge on any atom is -0.374 e.